The predicted octanol–water partition coefficient (Wildman–Crippen LogP) is 6.59. The van der Waals surface area contributed by atoms with Crippen LogP contribution < -0.4 is 0 Å². The number of aryl methyl sites for hydroxylation is 1. The van der Waals surface area contributed by atoms with Gasteiger partial charge in [-0.15, -0.1) is 0 Å². The molecule has 4 heteroatoms. The molecule has 2 heterocycles. The molecule has 2 aromatic heterocycles. The summed E-state index contributed by atoms with van der Waals surface area (Å²) in [5.41, 5.74) is 7.38. The Labute approximate surface area is 181 Å². The van der Waals surface area contributed by atoms with Crippen molar-refractivity contribution in [2.24, 2.45) is 5.92 Å². The van der Waals surface area contributed by atoms with E-state index < -0.39 is 0 Å². The van der Waals surface area contributed by atoms with E-state index in [0.717, 1.165) is 45.1 Å². The molecule has 0 atom stereocenters. The number of pyridine rings is 1. The van der Waals surface area contributed by atoms with Crippen LogP contribution >= 0.6 is 0 Å². The third-order valence-corrected chi connectivity index (χ3v) is 5.40. The lowest BCUT2D eigenvalue weighted by molar-refractivity contribution is 0.346. The summed E-state index contributed by atoms with van der Waals surface area (Å²) in [7, 11) is 4.01. The molecule has 0 amide bonds. The molecule has 3 aromatic rings. The first-order chi connectivity index (χ1) is 14.5. The van der Waals surface area contributed by atoms with Gasteiger partial charge in [0.2, 0.25) is 0 Å². The molecule has 1 fully saturated rings. The van der Waals surface area contributed by atoms with Crippen LogP contribution in [0.3, 0.4) is 0 Å². The maximum Gasteiger partial charge on any atom is 0.0705 e. The van der Waals surface area contributed by atoms with Crippen molar-refractivity contribution in [3.8, 4) is 22.4 Å². The molecule has 4 rings (SSSR count). The average Bonchev–Trinajstić information content (AvgIpc) is 3.25. The van der Waals surface area contributed by atoms with Gasteiger partial charge in [0.1, 0.15) is 0 Å². The minimum atomic E-state index is 0. The normalized spacial score (nSPS) is 13.8. The number of H-pyrrole nitrogens is 1. The van der Waals surface area contributed by atoms with Crippen molar-refractivity contribution in [1.29, 1.82) is 0 Å². The minimum Gasteiger partial charge on any atom is -0.383 e. The smallest absolute Gasteiger partial charge is 0.0705 e. The first kappa shape index (κ1) is 21.6. The fourth-order valence-corrected chi connectivity index (χ4v) is 3.42. The first-order valence-electron chi connectivity index (χ1n) is 10.6. The van der Waals surface area contributed by atoms with E-state index in [1.807, 2.05) is 44.4 Å². The van der Waals surface area contributed by atoms with E-state index in [1.54, 1.807) is 0 Å². The largest absolute Gasteiger partial charge is 0.383 e. The second-order valence-corrected chi connectivity index (χ2v) is 8.19. The maximum atomic E-state index is 4.79. The lowest BCUT2D eigenvalue weighted by Gasteiger charge is -2.18. The zero-order valence-corrected chi connectivity index (χ0v) is 18.5. The lowest BCUT2D eigenvalue weighted by atomic mass is 9.88. The summed E-state index contributed by atoms with van der Waals surface area (Å²) < 4.78 is 0. The van der Waals surface area contributed by atoms with E-state index in [0.29, 0.717) is 0 Å². The zero-order valence-electron chi connectivity index (χ0n) is 18.5. The third kappa shape index (κ3) is 5.47. The van der Waals surface area contributed by atoms with E-state index in [2.05, 4.69) is 66.3 Å². The predicted molar refractivity (Wildman–Crippen MR) is 129 cm³/mol. The number of benzene rings is 1. The molecule has 4 nitrogen and oxygen atoms in total. The number of hydrogen-bond acceptors (Lipinski definition) is 3. The quantitative estimate of drug-likeness (QED) is 0.490. The summed E-state index contributed by atoms with van der Waals surface area (Å²) >= 11 is 0. The second-order valence-electron chi connectivity index (χ2n) is 8.19. The number of aromatic nitrogens is 3. The molecule has 0 spiro atoms. The van der Waals surface area contributed by atoms with Gasteiger partial charge in [-0.05, 0) is 36.1 Å². The standard InChI is InChI=1S/C21H22N4.C5H10.H2/c1-5-16(14-25(3)4)17-7-6-8-18(11-17)21-10-9-20(15(2)24-21)19-12-22-23-13-19;1-5-3-2-4-5;/h5-14H,1H2,2-4H3,(H,22,23);5H,2-4H2,1H3;1H/b16-14+;;. The van der Waals surface area contributed by atoms with Crippen LogP contribution in [-0.2, 0) is 0 Å². The van der Waals surface area contributed by atoms with Crippen molar-refractivity contribution in [2.45, 2.75) is 33.1 Å². The average molecular weight is 403 g/mol. The summed E-state index contributed by atoms with van der Waals surface area (Å²) in [6, 6.07) is 12.5. The monoisotopic (exact) mass is 402 g/mol. The summed E-state index contributed by atoms with van der Waals surface area (Å²) in [6.07, 6.45) is 12.1. The van der Waals surface area contributed by atoms with Crippen molar-refractivity contribution in [3.63, 3.8) is 0 Å². The van der Waals surface area contributed by atoms with Gasteiger partial charge in [-0.2, -0.15) is 5.10 Å². The van der Waals surface area contributed by atoms with Crippen molar-refractivity contribution in [2.75, 3.05) is 14.1 Å². The van der Waals surface area contributed by atoms with Crippen LogP contribution in [0.5, 0.6) is 0 Å². The topological polar surface area (TPSA) is 44.8 Å². The van der Waals surface area contributed by atoms with Crippen molar-refractivity contribution in [1.82, 2.24) is 20.1 Å². The van der Waals surface area contributed by atoms with Gasteiger partial charge in [-0.25, -0.2) is 0 Å². The number of nitrogens with zero attached hydrogens (tertiary/aromatic N) is 3. The van der Waals surface area contributed by atoms with Gasteiger partial charge in [-0.3, -0.25) is 10.1 Å². The van der Waals surface area contributed by atoms with Crippen molar-refractivity contribution < 1.29 is 1.43 Å². The number of nitrogens with one attached hydrogen (secondary N) is 1. The first-order valence-corrected chi connectivity index (χ1v) is 10.6. The summed E-state index contributed by atoms with van der Waals surface area (Å²) in [6.45, 7) is 8.26. The van der Waals surface area contributed by atoms with Crippen LogP contribution in [0.1, 0.15) is 38.9 Å². The van der Waals surface area contributed by atoms with Crippen molar-refractivity contribution >= 4 is 5.57 Å². The highest BCUT2D eigenvalue weighted by Gasteiger charge is 2.09. The molecule has 0 aliphatic heterocycles. The van der Waals surface area contributed by atoms with E-state index in [4.69, 9.17) is 4.98 Å². The van der Waals surface area contributed by atoms with Gasteiger partial charge in [0.05, 0.1) is 11.9 Å². The Morgan fingerprint density at radius 1 is 1.20 bits per heavy atom. The molecule has 0 saturated heterocycles. The van der Waals surface area contributed by atoms with Gasteiger partial charge in [0.15, 0.2) is 0 Å². The molecule has 0 unspecified atom stereocenters. The second kappa shape index (κ2) is 10.1. The Hall–Kier alpha value is -3.14. The molecular weight excluding hydrogens is 368 g/mol. The van der Waals surface area contributed by atoms with Crippen LogP contribution in [0, 0.1) is 12.8 Å². The Morgan fingerprint density at radius 3 is 2.50 bits per heavy atom. The van der Waals surface area contributed by atoms with Crippen molar-refractivity contribution in [3.05, 3.63) is 78.9 Å². The Balaban J connectivity index is 0.000000501. The summed E-state index contributed by atoms with van der Waals surface area (Å²) in [5, 5.41) is 6.86. The lowest BCUT2D eigenvalue weighted by Crippen LogP contribution is -2.04. The molecule has 1 aliphatic rings. The summed E-state index contributed by atoms with van der Waals surface area (Å²) in [4.78, 5) is 6.81. The van der Waals surface area contributed by atoms with Crippen LogP contribution in [0.25, 0.3) is 28.0 Å². The number of aromatic amines is 1. The number of allylic oxidation sites excluding steroid dienone is 2. The Kier molecular flexibility index (Phi) is 7.23. The van der Waals surface area contributed by atoms with Gasteiger partial charge in [-0.1, -0.05) is 63.1 Å². The van der Waals surface area contributed by atoms with Crippen LogP contribution in [0.2, 0.25) is 0 Å². The third-order valence-electron chi connectivity index (χ3n) is 5.40. The summed E-state index contributed by atoms with van der Waals surface area (Å²) in [5.74, 6) is 1.06. The van der Waals surface area contributed by atoms with Crippen LogP contribution in [-0.4, -0.2) is 34.2 Å². The molecule has 1 N–H and O–H groups in total. The highest BCUT2D eigenvalue weighted by atomic mass is 15.1. The van der Waals surface area contributed by atoms with E-state index in [9.17, 15) is 0 Å². The minimum absolute atomic E-state index is 0. The fourth-order valence-electron chi connectivity index (χ4n) is 3.42. The highest BCUT2D eigenvalue weighted by molar-refractivity contribution is 5.77. The molecule has 1 aromatic carbocycles. The van der Waals surface area contributed by atoms with Gasteiger partial charge in [0.25, 0.3) is 0 Å². The highest BCUT2D eigenvalue weighted by Crippen LogP contribution is 2.27. The molecular formula is C26H34N4. The number of hydrogen-bond donors (Lipinski definition) is 1. The molecule has 0 bridgehead atoms. The SMILES string of the molecule is C=C/C(=C\N(C)C)c1cccc(-c2ccc(-c3cn[nH]c3)c(C)n2)c1.CC1CCC1.[HH]. The fraction of sp³-hybridized carbons (Fsp3) is 0.308. The molecule has 1 saturated carbocycles. The van der Waals surface area contributed by atoms with E-state index in [1.165, 1.54) is 19.3 Å². The maximum absolute atomic E-state index is 4.79. The van der Waals surface area contributed by atoms with E-state index in [-0.39, 0.29) is 1.43 Å². The van der Waals surface area contributed by atoms with Crippen LogP contribution in [0.4, 0.5) is 0 Å². The zero-order chi connectivity index (χ0) is 21.5. The molecule has 1 aliphatic carbocycles. The molecule has 30 heavy (non-hydrogen) atoms. The Morgan fingerprint density at radius 2 is 1.97 bits per heavy atom. The van der Waals surface area contributed by atoms with Gasteiger partial charge < -0.3 is 4.90 Å². The van der Waals surface area contributed by atoms with Gasteiger partial charge >= 0.3 is 0 Å². The Bertz CT molecular complexity index is 1000. The molecule has 0 radical (unpaired) electrons. The van der Waals surface area contributed by atoms with Crippen LogP contribution in [0.15, 0.2) is 67.6 Å². The number of rotatable bonds is 5. The van der Waals surface area contributed by atoms with Gasteiger partial charge in [0, 0.05) is 50.3 Å². The van der Waals surface area contributed by atoms with E-state index >= 15 is 0 Å². The molecule has 158 valence electrons.